The molecule has 21 heteroatoms. The van der Waals surface area contributed by atoms with Crippen molar-refractivity contribution in [2.75, 3.05) is 16.0 Å². The Morgan fingerprint density at radius 2 is 0.707 bits per heavy atom. The summed E-state index contributed by atoms with van der Waals surface area (Å²) in [5.74, 6) is 0.921. The minimum absolute atomic E-state index is 0. The average Bonchev–Trinajstić information content (AvgIpc) is 1.59. The zero-order valence-electron chi connectivity index (χ0n) is 58.8. The number of hydrogen-bond acceptors (Lipinski definition) is 10. The van der Waals surface area contributed by atoms with Crippen LogP contribution in [0.2, 0.25) is 15.1 Å². The van der Waals surface area contributed by atoms with Gasteiger partial charge in [-0.05, 0) is 169 Å². The molecule has 0 saturated heterocycles. The number of carbonyl (C=O) groups excluding carboxylic acids is 2. The van der Waals surface area contributed by atoms with Crippen LogP contribution in [0.1, 0.15) is 223 Å². The van der Waals surface area contributed by atoms with Gasteiger partial charge in [0.25, 0.3) is 11.8 Å². The molecule has 99 heavy (non-hydrogen) atoms. The van der Waals surface area contributed by atoms with Gasteiger partial charge in [0.15, 0.2) is 0 Å². The maximum Gasteiger partial charge on any atom is 0.341 e. The molecular weight excluding hydrogens is 1350 g/mol. The number of carbonyl (C=O) groups is 3. The highest BCUT2D eigenvalue weighted by Gasteiger charge is 2.42. The van der Waals surface area contributed by atoms with Crippen LogP contribution in [0.5, 0.6) is 0 Å². The number of carboxylic acid groups (broad SMARTS) is 1. The lowest BCUT2D eigenvalue weighted by molar-refractivity contribution is 0.0696. The fourth-order valence-electron chi connectivity index (χ4n) is 13.8. The molecule has 6 aromatic carbocycles. The van der Waals surface area contributed by atoms with Crippen LogP contribution < -0.4 is 32.3 Å². The van der Waals surface area contributed by atoms with E-state index in [4.69, 9.17) is 40.5 Å². The van der Waals surface area contributed by atoms with Crippen molar-refractivity contribution in [2.45, 2.75) is 192 Å². The first-order valence-corrected chi connectivity index (χ1v) is 35.0. The van der Waals surface area contributed by atoms with Crippen LogP contribution in [0.3, 0.4) is 0 Å². The first kappa shape index (κ1) is 78.5. The van der Waals surface area contributed by atoms with Crippen molar-refractivity contribution in [1.82, 2.24) is 40.0 Å². The number of nitrogens with two attached hydrogens (primary N) is 1. The summed E-state index contributed by atoms with van der Waals surface area (Å²) in [7, 11) is 0. The second-order valence-corrected chi connectivity index (χ2v) is 28.8. The number of carboxylic acids is 1. The molecule has 0 fully saturated rings. The molecule has 3 aromatic heterocycles. The van der Waals surface area contributed by atoms with Gasteiger partial charge in [-0.15, -0.1) is 24.8 Å². The van der Waals surface area contributed by atoms with Gasteiger partial charge in [-0.3, -0.25) is 9.59 Å². The number of hydrogen-bond donors (Lipinski definition) is 7. The minimum Gasteiger partial charge on any atom is -0.477 e. The summed E-state index contributed by atoms with van der Waals surface area (Å²) in [4.78, 5) is 38.4. The van der Waals surface area contributed by atoms with E-state index in [0.29, 0.717) is 27.0 Å². The number of benzene rings is 6. The van der Waals surface area contributed by atoms with Gasteiger partial charge < -0.3 is 37.4 Å². The van der Waals surface area contributed by atoms with E-state index < -0.39 is 17.0 Å². The number of aromatic carboxylic acids is 1. The summed E-state index contributed by atoms with van der Waals surface area (Å²) in [6.45, 7) is 25.4. The summed E-state index contributed by atoms with van der Waals surface area (Å²) in [5.41, 5.74) is 12.6. The molecule has 528 valence electrons. The number of aromatic nitrogens is 6. The van der Waals surface area contributed by atoms with Crippen molar-refractivity contribution in [2.24, 2.45) is 5.73 Å². The normalized spacial score (nSPS) is 16.8. The maximum absolute atomic E-state index is 13.6. The number of fused-ring (bicyclic) bond motifs is 3. The molecule has 0 saturated carbocycles. The number of nitrogens with one attached hydrogen (secondary N) is 5. The van der Waals surface area contributed by atoms with Gasteiger partial charge in [-0.2, -0.15) is 15.3 Å². The molecule has 0 aliphatic carbocycles. The maximum atomic E-state index is 13.6. The van der Waals surface area contributed by atoms with Crippen LogP contribution in [0, 0.1) is 0 Å². The molecule has 6 heterocycles. The number of nitrogens with zero attached hydrogens (tertiary/aromatic N) is 6. The molecule has 0 bridgehead atoms. The fraction of sp³-hybridized carbons (Fsp3) is 0.385. The van der Waals surface area contributed by atoms with E-state index in [-0.39, 0.29) is 82.5 Å². The number of rotatable bonds is 17. The molecule has 2 amide bonds. The van der Waals surface area contributed by atoms with E-state index in [0.717, 1.165) is 91.1 Å². The van der Waals surface area contributed by atoms with Crippen LogP contribution >= 0.6 is 59.6 Å². The molecule has 0 radical (unpaired) electrons. The van der Waals surface area contributed by atoms with Gasteiger partial charge in [0.05, 0.1) is 64.4 Å². The van der Waals surface area contributed by atoms with Crippen LogP contribution in [0.25, 0.3) is 0 Å². The van der Waals surface area contributed by atoms with Gasteiger partial charge in [0.1, 0.15) is 34.1 Å². The van der Waals surface area contributed by atoms with Gasteiger partial charge >= 0.3 is 5.97 Å². The summed E-state index contributed by atoms with van der Waals surface area (Å²) >= 11 is 18.0. The third-order valence-electron chi connectivity index (χ3n) is 20.0. The molecule has 16 nitrogen and oxygen atoms in total. The second kappa shape index (κ2) is 33.1. The van der Waals surface area contributed by atoms with Crippen LogP contribution in [0.15, 0.2) is 182 Å². The highest BCUT2D eigenvalue weighted by molar-refractivity contribution is 6.31. The van der Waals surface area contributed by atoms with Gasteiger partial charge in [-0.25, -0.2) is 18.8 Å². The molecule has 3 aliphatic heterocycles. The molecule has 8 N–H and O–H groups in total. The average molecular weight is 1440 g/mol. The third kappa shape index (κ3) is 17.5. The quantitative estimate of drug-likeness (QED) is 0.0456. The molecular formula is C78H97Cl5N12O4. The standard InChI is InChI=1S/2C26H31ClN4O.C15H17N3O2.C11H16ClN.2ClH/c2*1-5-26(6-2,19-12-14-20(27)15-13-19)30-24(32)21-17-28-31-23(21)29-22(16-25(31,3)4)18-10-8-7-9-11-18;1-15(2)8-12(10-6-4-3-5-7-10)17-13-11(14(19)20)9-16-18(13)15;1-3-11(13,4-2)9-5-7-10(12)8-6-9;;/h2*7-15,17,22,29H,5-6,16H2,1-4H3,(H,30,32);3-7,9,12,17H,8H2,1-2H3,(H,19,20);5-8H,3-4,13H2,1-2H3;2*1H/t2*22-;12-;;;/m000.../s1. The second-order valence-electron chi connectivity index (χ2n) is 27.5. The summed E-state index contributed by atoms with van der Waals surface area (Å²) in [6.07, 6.45) is 12.4. The highest BCUT2D eigenvalue weighted by Crippen LogP contribution is 2.44. The number of amides is 2. The zero-order valence-corrected chi connectivity index (χ0v) is 62.7. The van der Waals surface area contributed by atoms with Crippen molar-refractivity contribution in [3.8, 4) is 0 Å². The number of anilines is 3. The Morgan fingerprint density at radius 3 is 0.970 bits per heavy atom. The van der Waals surface area contributed by atoms with E-state index in [1.807, 2.05) is 137 Å². The predicted octanol–water partition coefficient (Wildman–Crippen LogP) is 19.6. The van der Waals surface area contributed by atoms with Crippen LogP contribution in [0.4, 0.5) is 17.5 Å². The van der Waals surface area contributed by atoms with Crippen molar-refractivity contribution >= 4 is 94.9 Å². The first-order chi connectivity index (χ1) is 46.2. The van der Waals surface area contributed by atoms with E-state index in [2.05, 4.69) is 161 Å². The lowest BCUT2D eigenvalue weighted by atomic mass is 9.84. The Hall–Kier alpha value is -7.83. The fourth-order valence-corrected chi connectivity index (χ4v) is 14.1. The predicted molar refractivity (Wildman–Crippen MR) is 409 cm³/mol. The molecule has 0 spiro atoms. The zero-order chi connectivity index (χ0) is 70.1. The van der Waals surface area contributed by atoms with Crippen molar-refractivity contribution in [3.05, 3.63) is 248 Å². The van der Waals surface area contributed by atoms with Crippen molar-refractivity contribution < 1.29 is 19.5 Å². The molecule has 0 unspecified atom stereocenters. The Balaban J connectivity index is 0.000000194. The first-order valence-electron chi connectivity index (χ1n) is 33.9. The third-order valence-corrected chi connectivity index (χ3v) is 20.7. The van der Waals surface area contributed by atoms with Gasteiger partial charge in [-0.1, -0.05) is 204 Å². The van der Waals surface area contributed by atoms with Gasteiger partial charge in [0.2, 0.25) is 0 Å². The Bertz CT molecular complexity index is 3910. The lowest BCUT2D eigenvalue weighted by Gasteiger charge is -2.38. The minimum atomic E-state index is -0.955. The van der Waals surface area contributed by atoms with Crippen molar-refractivity contribution in [3.63, 3.8) is 0 Å². The SMILES string of the molecule is CC1(C)C[C@@H](c2ccccc2)Nc2c(C(=O)O)cnn21.CCC(CC)(NC(=O)c1cnn2c1N[C@H](c1ccccc1)CC2(C)C)c1ccc(Cl)cc1.CCC(CC)(NC(=O)c1cnn2c1N[C@H](c1ccccc1)CC2(C)C)c1ccc(Cl)cc1.CCC(N)(CC)c1ccc(Cl)cc1.Cl.Cl. The molecule has 3 aliphatic rings. The van der Waals surface area contributed by atoms with Crippen LogP contribution in [-0.2, 0) is 33.2 Å². The van der Waals surface area contributed by atoms with E-state index in [1.165, 1.54) is 22.9 Å². The Labute approximate surface area is 611 Å². The highest BCUT2D eigenvalue weighted by atomic mass is 35.5. The number of halogens is 5. The summed E-state index contributed by atoms with van der Waals surface area (Å²) < 4.78 is 5.67. The summed E-state index contributed by atoms with van der Waals surface area (Å²) in [6, 6.07) is 54.4. The van der Waals surface area contributed by atoms with Crippen LogP contribution in [-0.4, -0.2) is 52.2 Å². The molecule has 3 atom stereocenters. The Kier molecular flexibility index (Phi) is 26.3. The molecule has 12 rings (SSSR count). The summed E-state index contributed by atoms with van der Waals surface area (Å²) in [5, 5.41) is 42.0. The van der Waals surface area contributed by atoms with Crippen molar-refractivity contribution in [1.29, 1.82) is 0 Å². The van der Waals surface area contributed by atoms with E-state index in [1.54, 1.807) is 17.1 Å². The van der Waals surface area contributed by atoms with E-state index >= 15 is 0 Å². The topological polar surface area (TPSA) is 211 Å². The van der Waals surface area contributed by atoms with E-state index in [9.17, 15) is 19.5 Å². The monoisotopic (exact) mass is 1440 g/mol. The van der Waals surface area contributed by atoms with Gasteiger partial charge in [0, 0.05) is 20.6 Å². The molecule has 9 aromatic rings. The smallest absolute Gasteiger partial charge is 0.341 e. The largest absolute Gasteiger partial charge is 0.477 e. The lowest BCUT2D eigenvalue weighted by Crippen LogP contribution is -2.45. The Morgan fingerprint density at radius 1 is 0.444 bits per heavy atom.